The number of hydrogen-bond acceptors (Lipinski definition) is 4. The first kappa shape index (κ1) is 19.1. The summed E-state index contributed by atoms with van der Waals surface area (Å²) >= 11 is 0. The molecule has 3 rings (SSSR count). The van der Waals surface area contributed by atoms with Crippen LogP contribution in [0.25, 0.3) is 0 Å². The molecule has 0 aliphatic heterocycles. The second-order valence-corrected chi connectivity index (χ2v) is 8.04. The Morgan fingerprint density at radius 2 is 1.67 bits per heavy atom. The van der Waals surface area contributed by atoms with E-state index in [9.17, 15) is 18.0 Å². The van der Waals surface area contributed by atoms with Crippen LogP contribution < -0.4 is 15.4 Å². The molecule has 0 saturated heterocycles. The highest BCUT2D eigenvalue weighted by Crippen LogP contribution is 2.22. The molecular weight excluding hydrogens is 366 g/mol. The Balaban J connectivity index is 1.75. The normalized spacial score (nSPS) is 13.8. The van der Waals surface area contributed by atoms with Gasteiger partial charge in [0, 0.05) is 18.2 Å². The molecule has 2 aromatic rings. The molecule has 0 radical (unpaired) electrons. The largest absolute Gasteiger partial charge is 0.349 e. The van der Waals surface area contributed by atoms with Gasteiger partial charge in [-0.3, -0.25) is 9.59 Å². The molecule has 142 valence electrons. The molecule has 1 aliphatic rings. The highest BCUT2D eigenvalue weighted by atomic mass is 32.2. The topological polar surface area (TPSA) is 104 Å². The molecule has 0 aromatic heterocycles. The third-order valence-corrected chi connectivity index (χ3v) is 5.66. The van der Waals surface area contributed by atoms with Gasteiger partial charge in [0.2, 0.25) is 10.0 Å². The minimum atomic E-state index is -3.57. The predicted molar refractivity (Wildman–Crippen MR) is 102 cm³/mol. The van der Waals surface area contributed by atoms with Crippen molar-refractivity contribution in [1.82, 2.24) is 10.0 Å². The van der Waals surface area contributed by atoms with Crippen LogP contribution in [0.1, 0.15) is 40.5 Å². The van der Waals surface area contributed by atoms with Gasteiger partial charge in [0.25, 0.3) is 11.8 Å². The number of amides is 2. The van der Waals surface area contributed by atoms with Gasteiger partial charge in [0.05, 0.1) is 16.1 Å². The van der Waals surface area contributed by atoms with Crippen LogP contribution in [-0.4, -0.2) is 32.8 Å². The number of sulfonamides is 1. The molecule has 2 aromatic carbocycles. The highest BCUT2D eigenvalue weighted by Gasteiger charge is 2.25. The lowest BCUT2D eigenvalue weighted by molar-refractivity contribution is 0.0952. The Hall–Kier alpha value is -2.71. The number of para-hydroxylation sites is 1. The predicted octanol–water partition coefficient (Wildman–Crippen LogP) is 2.13. The SMILES string of the molecule is CCNS(=O)(=O)c1ccc(C(=O)Nc2ccccc2C(=O)NC2CC2)cc1. The molecule has 1 saturated carbocycles. The van der Waals surface area contributed by atoms with E-state index < -0.39 is 15.9 Å². The summed E-state index contributed by atoms with van der Waals surface area (Å²) in [7, 11) is -3.57. The van der Waals surface area contributed by atoms with Crippen molar-refractivity contribution >= 4 is 27.5 Å². The smallest absolute Gasteiger partial charge is 0.255 e. The lowest BCUT2D eigenvalue weighted by Crippen LogP contribution is -2.27. The van der Waals surface area contributed by atoms with Gasteiger partial charge in [0.1, 0.15) is 0 Å². The first-order chi connectivity index (χ1) is 12.9. The minimum absolute atomic E-state index is 0.0881. The quantitative estimate of drug-likeness (QED) is 0.677. The van der Waals surface area contributed by atoms with Gasteiger partial charge >= 0.3 is 0 Å². The number of anilines is 1. The van der Waals surface area contributed by atoms with Gasteiger partial charge in [-0.2, -0.15) is 0 Å². The molecule has 0 bridgehead atoms. The number of hydrogen-bond donors (Lipinski definition) is 3. The maximum Gasteiger partial charge on any atom is 0.255 e. The monoisotopic (exact) mass is 387 g/mol. The molecule has 0 unspecified atom stereocenters. The van der Waals surface area contributed by atoms with Crippen LogP contribution >= 0.6 is 0 Å². The molecule has 0 spiro atoms. The first-order valence-electron chi connectivity index (χ1n) is 8.71. The van der Waals surface area contributed by atoms with Gasteiger partial charge in [0.15, 0.2) is 0 Å². The lowest BCUT2D eigenvalue weighted by Gasteiger charge is -2.11. The molecule has 27 heavy (non-hydrogen) atoms. The summed E-state index contributed by atoms with van der Waals surface area (Å²) in [5, 5.41) is 5.62. The minimum Gasteiger partial charge on any atom is -0.349 e. The fourth-order valence-corrected chi connectivity index (χ4v) is 3.58. The molecule has 0 atom stereocenters. The van der Waals surface area contributed by atoms with E-state index in [-0.39, 0.29) is 23.4 Å². The zero-order valence-electron chi connectivity index (χ0n) is 14.9. The zero-order valence-corrected chi connectivity index (χ0v) is 15.7. The molecule has 2 amide bonds. The first-order valence-corrected chi connectivity index (χ1v) is 10.2. The molecule has 7 nitrogen and oxygen atoms in total. The summed E-state index contributed by atoms with van der Waals surface area (Å²) in [5.41, 5.74) is 1.09. The second kappa shape index (κ2) is 7.89. The maximum absolute atomic E-state index is 12.5. The molecule has 1 aliphatic carbocycles. The van der Waals surface area contributed by atoms with E-state index in [0.29, 0.717) is 16.8 Å². The Bertz CT molecular complexity index is 951. The van der Waals surface area contributed by atoms with Crippen molar-refractivity contribution in [3.05, 3.63) is 59.7 Å². The number of nitrogens with one attached hydrogen (secondary N) is 3. The average molecular weight is 387 g/mol. The van der Waals surface area contributed by atoms with E-state index in [1.165, 1.54) is 24.3 Å². The van der Waals surface area contributed by atoms with Crippen LogP contribution in [0.4, 0.5) is 5.69 Å². The summed E-state index contributed by atoms with van der Waals surface area (Å²) < 4.78 is 26.3. The van der Waals surface area contributed by atoms with Gasteiger partial charge in [-0.25, -0.2) is 13.1 Å². The standard InChI is InChI=1S/C19H21N3O4S/c1-2-20-27(25,26)15-11-7-13(8-12-15)18(23)22-17-6-4-3-5-16(17)19(24)21-14-9-10-14/h3-8,11-12,14,20H,2,9-10H2,1H3,(H,21,24)(H,22,23). The number of rotatable bonds is 7. The number of carbonyl (C=O) groups excluding carboxylic acids is 2. The van der Waals surface area contributed by atoms with Gasteiger partial charge in [-0.15, -0.1) is 0 Å². The van der Waals surface area contributed by atoms with Crippen molar-refractivity contribution in [2.75, 3.05) is 11.9 Å². The third kappa shape index (κ3) is 4.72. The Morgan fingerprint density at radius 3 is 2.30 bits per heavy atom. The summed E-state index contributed by atoms with van der Waals surface area (Å²) in [6.07, 6.45) is 1.95. The molecule has 1 fully saturated rings. The Labute approximate surface area is 158 Å². The van der Waals surface area contributed by atoms with Crippen LogP contribution in [0.15, 0.2) is 53.4 Å². The van der Waals surface area contributed by atoms with Crippen LogP contribution in [0.3, 0.4) is 0 Å². The maximum atomic E-state index is 12.5. The summed E-state index contributed by atoms with van der Waals surface area (Å²) in [5.74, 6) is -0.644. The summed E-state index contributed by atoms with van der Waals surface area (Å²) in [6, 6.07) is 12.6. The van der Waals surface area contributed by atoms with Crippen molar-refractivity contribution in [3.8, 4) is 0 Å². The van der Waals surface area contributed by atoms with Gasteiger partial charge in [-0.1, -0.05) is 19.1 Å². The third-order valence-electron chi connectivity index (χ3n) is 4.09. The van der Waals surface area contributed by atoms with E-state index in [1.807, 2.05) is 0 Å². The Kier molecular flexibility index (Phi) is 5.57. The van der Waals surface area contributed by atoms with Gasteiger partial charge in [-0.05, 0) is 49.2 Å². The summed E-state index contributed by atoms with van der Waals surface area (Å²) in [6.45, 7) is 1.97. The fraction of sp³-hybridized carbons (Fsp3) is 0.263. The van der Waals surface area contributed by atoms with E-state index >= 15 is 0 Å². The van der Waals surface area contributed by atoms with E-state index in [2.05, 4.69) is 15.4 Å². The highest BCUT2D eigenvalue weighted by molar-refractivity contribution is 7.89. The second-order valence-electron chi connectivity index (χ2n) is 6.27. The van der Waals surface area contributed by atoms with Gasteiger partial charge < -0.3 is 10.6 Å². The van der Waals surface area contributed by atoms with Crippen LogP contribution in [0.5, 0.6) is 0 Å². The molecule has 8 heteroatoms. The fourth-order valence-electron chi connectivity index (χ4n) is 2.53. The van der Waals surface area contributed by atoms with Crippen LogP contribution in [0.2, 0.25) is 0 Å². The van der Waals surface area contributed by atoms with Crippen molar-refractivity contribution in [3.63, 3.8) is 0 Å². The van der Waals surface area contributed by atoms with E-state index in [1.54, 1.807) is 31.2 Å². The Morgan fingerprint density at radius 1 is 1.00 bits per heavy atom. The van der Waals surface area contributed by atoms with Crippen molar-refractivity contribution in [1.29, 1.82) is 0 Å². The van der Waals surface area contributed by atoms with Crippen LogP contribution in [-0.2, 0) is 10.0 Å². The van der Waals surface area contributed by atoms with Crippen molar-refractivity contribution in [2.24, 2.45) is 0 Å². The molecular formula is C19H21N3O4S. The van der Waals surface area contributed by atoms with E-state index in [4.69, 9.17) is 0 Å². The molecule has 0 heterocycles. The average Bonchev–Trinajstić information content (AvgIpc) is 3.46. The zero-order chi connectivity index (χ0) is 19.4. The van der Waals surface area contributed by atoms with Crippen LogP contribution in [0, 0.1) is 0 Å². The lowest BCUT2D eigenvalue weighted by atomic mass is 10.1. The summed E-state index contributed by atoms with van der Waals surface area (Å²) in [4.78, 5) is 24.9. The van der Waals surface area contributed by atoms with Crippen molar-refractivity contribution < 1.29 is 18.0 Å². The molecule has 3 N–H and O–H groups in total. The van der Waals surface area contributed by atoms with E-state index in [0.717, 1.165) is 12.8 Å². The van der Waals surface area contributed by atoms with Crippen molar-refractivity contribution in [2.45, 2.75) is 30.7 Å². The number of carbonyl (C=O) groups is 2. The number of benzene rings is 2.